The molecule has 0 bridgehead atoms. The van der Waals surface area contributed by atoms with E-state index < -0.39 is 6.49 Å². The average molecular weight is 265 g/mol. The molecule has 1 heterocycles. The molecule has 0 aromatic carbocycles. The van der Waals surface area contributed by atoms with Crippen LogP contribution in [0.15, 0.2) is 0 Å². The normalized spacial score (nSPS) is 19.6. The molecule has 0 aromatic heterocycles. The third kappa shape index (κ3) is 4.40. The number of morpholine rings is 1. The average Bonchev–Trinajstić information content (AvgIpc) is 2.16. The summed E-state index contributed by atoms with van der Waals surface area (Å²) >= 11 is 5.83. The minimum Gasteiger partial charge on any atom is -0.379 e. The van der Waals surface area contributed by atoms with E-state index in [2.05, 4.69) is 42.5 Å². The zero-order chi connectivity index (χ0) is 12.2. The van der Waals surface area contributed by atoms with E-state index in [0.717, 1.165) is 26.3 Å². The fraction of sp³-hybridized carbons (Fsp3) is 1.00. The second-order valence-corrected chi connectivity index (χ2v) is 8.53. The Labute approximate surface area is 104 Å². The van der Waals surface area contributed by atoms with E-state index in [9.17, 15) is 0 Å². The van der Waals surface area contributed by atoms with Crippen molar-refractivity contribution in [2.24, 2.45) is 0 Å². The number of ether oxygens (including phenoxy) is 1. The van der Waals surface area contributed by atoms with Crippen LogP contribution < -0.4 is 10.2 Å². The van der Waals surface area contributed by atoms with Gasteiger partial charge >= 0.3 is 0 Å². The maximum atomic E-state index is 5.83. The first-order valence-corrected chi connectivity index (χ1v) is 8.68. The number of rotatable bonds is 5. The topological polar surface area (TPSA) is 36.5 Å². The van der Waals surface area contributed by atoms with Gasteiger partial charge in [-0.2, -0.15) is 0 Å². The molecule has 1 aliphatic rings. The molecule has 0 radical (unpaired) electrons. The van der Waals surface area contributed by atoms with Crippen LogP contribution in [0.2, 0.25) is 0 Å². The second-order valence-electron chi connectivity index (χ2n) is 4.71. The summed E-state index contributed by atoms with van der Waals surface area (Å²) in [7, 11) is 0. The standard InChI is InChI=1S/C10H24N3OPS/c1-9(2)11-15(16,12-10(3)4)13-5-7-14-8-6-13/h9-10H,5-8H2,1-4H3,(H2,11,12,16). The van der Waals surface area contributed by atoms with Gasteiger partial charge in [0, 0.05) is 25.2 Å². The fourth-order valence-corrected chi connectivity index (χ4v) is 6.02. The summed E-state index contributed by atoms with van der Waals surface area (Å²) in [6.07, 6.45) is 0. The van der Waals surface area contributed by atoms with E-state index in [1.165, 1.54) is 0 Å². The highest BCUT2D eigenvalue weighted by atomic mass is 32.4. The van der Waals surface area contributed by atoms with Crippen molar-refractivity contribution in [2.45, 2.75) is 39.8 Å². The summed E-state index contributed by atoms with van der Waals surface area (Å²) in [6, 6.07) is 0.805. The number of nitrogens with one attached hydrogen (secondary N) is 2. The molecule has 0 aromatic rings. The Morgan fingerprint density at radius 2 is 1.50 bits per heavy atom. The largest absolute Gasteiger partial charge is 0.379 e. The molecule has 0 amide bonds. The quantitative estimate of drug-likeness (QED) is 0.738. The molecule has 1 aliphatic heterocycles. The van der Waals surface area contributed by atoms with Crippen LogP contribution in [0, 0.1) is 0 Å². The van der Waals surface area contributed by atoms with Gasteiger partial charge in [0.25, 0.3) is 0 Å². The van der Waals surface area contributed by atoms with Crippen LogP contribution in [0.5, 0.6) is 0 Å². The first kappa shape index (κ1) is 14.6. The van der Waals surface area contributed by atoms with Crippen molar-refractivity contribution in [1.29, 1.82) is 0 Å². The maximum absolute atomic E-state index is 5.83. The fourth-order valence-electron chi connectivity index (χ4n) is 1.74. The molecule has 4 nitrogen and oxygen atoms in total. The SMILES string of the molecule is CC(C)NP(=S)(NC(C)C)N1CCOCC1. The summed E-state index contributed by atoms with van der Waals surface area (Å²) in [4.78, 5) is 0. The van der Waals surface area contributed by atoms with E-state index in [1.807, 2.05) is 0 Å². The monoisotopic (exact) mass is 265 g/mol. The Bertz CT molecular complexity index is 240. The van der Waals surface area contributed by atoms with Crippen LogP contribution in [0.25, 0.3) is 0 Å². The van der Waals surface area contributed by atoms with Crippen molar-refractivity contribution < 1.29 is 4.74 Å². The van der Waals surface area contributed by atoms with Gasteiger partial charge in [-0.3, -0.25) is 10.2 Å². The van der Waals surface area contributed by atoms with Gasteiger partial charge in [0.15, 0.2) is 0 Å². The highest BCUT2D eigenvalue weighted by molar-refractivity contribution is 8.11. The third-order valence-corrected chi connectivity index (χ3v) is 6.51. The van der Waals surface area contributed by atoms with Gasteiger partial charge in [0.05, 0.1) is 13.2 Å². The first-order valence-electron chi connectivity index (χ1n) is 5.93. The van der Waals surface area contributed by atoms with Crippen molar-refractivity contribution in [1.82, 2.24) is 14.8 Å². The van der Waals surface area contributed by atoms with Crippen LogP contribution in [0.4, 0.5) is 0 Å². The number of hydrogen-bond acceptors (Lipinski definition) is 2. The van der Waals surface area contributed by atoms with E-state index in [4.69, 9.17) is 16.5 Å². The van der Waals surface area contributed by atoms with E-state index in [-0.39, 0.29) is 0 Å². The lowest BCUT2D eigenvalue weighted by atomic mass is 10.4. The minimum atomic E-state index is -1.82. The molecule has 2 N–H and O–H groups in total. The van der Waals surface area contributed by atoms with Gasteiger partial charge in [0.1, 0.15) is 6.49 Å². The highest BCUT2D eigenvalue weighted by Crippen LogP contribution is 2.42. The molecule has 16 heavy (non-hydrogen) atoms. The molecule has 0 atom stereocenters. The molecule has 6 heteroatoms. The Kier molecular flexibility index (Phi) is 5.85. The van der Waals surface area contributed by atoms with E-state index in [1.54, 1.807) is 0 Å². The van der Waals surface area contributed by atoms with E-state index >= 15 is 0 Å². The first-order chi connectivity index (χ1) is 7.44. The summed E-state index contributed by atoms with van der Waals surface area (Å²) < 4.78 is 7.73. The van der Waals surface area contributed by atoms with Crippen LogP contribution in [0.3, 0.4) is 0 Å². The summed E-state index contributed by atoms with van der Waals surface area (Å²) in [5, 5.41) is 7.08. The van der Waals surface area contributed by atoms with Crippen LogP contribution in [-0.4, -0.2) is 43.1 Å². The predicted octanol–water partition coefficient (Wildman–Crippen LogP) is 1.54. The Balaban J connectivity index is 2.71. The van der Waals surface area contributed by atoms with Crippen molar-refractivity contribution in [3.05, 3.63) is 0 Å². The Hall–Kier alpha value is 0.490. The van der Waals surface area contributed by atoms with E-state index in [0.29, 0.717) is 12.1 Å². The number of hydrogen-bond donors (Lipinski definition) is 2. The van der Waals surface area contributed by atoms with Crippen molar-refractivity contribution >= 4 is 18.3 Å². The van der Waals surface area contributed by atoms with Gasteiger partial charge in [-0.1, -0.05) is 0 Å². The van der Waals surface area contributed by atoms with Crippen LogP contribution >= 0.6 is 6.49 Å². The lowest BCUT2D eigenvalue weighted by Gasteiger charge is -2.40. The summed E-state index contributed by atoms with van der Waals surface area (Å²) in [5.41, 5.74) is 0. The lowest BCUT2D eigenvalue weighted by Crippen LogP contribution is -2.45. The zero-order valence-corrected chi connectivity index (χ0v) is 12.4. The second kappa shape index (κ2) is 6.43. The number of nitrogens with zero attached hydrogens (tertiary/aromatic N) is 1. The minimum absolute atomic E-state index is 0.403. The molecule has 1 saturated heterocycles. The third-order valence-electron chi connectivity index (χ3n) is 2.25. The molecule has 96 valence electrons. The van der Waals surface area contributed by atoms with Gasteiger partial charge in [-0.25, -0.2) is 4.67 Å². The van der Waals surface area contributed by atoms with Crippen molar-refractivity contribution in [2.75, 3.05) is 26.3 Å². The van der Waals surface area contributed by atoms with Crippen LogP contribution in [-0.2, 0) is 16.5 Å². The highest BCUT2D eigenvalue weighted by Gasteiger charge is 2.28. The van der Waals surface area contributed by atoms with Gasteiger partial charge in [-0.05, 0) is 39.5 Å². The summed E-state index contributed by atoms with van der Waals surface area (Å²) in [6.45, 7) is 10.2. The molecule has 0 spiro atoms. The van der Waals surface area contributed by atoms with Gasteiger partial charge in [-0.15, -0.1) is 0 Å². The Morgan fingerprint density at radius 3 is 1.88 bits per heavy atom. The van der Waals surface area contributed by atoms with Gasteiger partial charge < -0.3 is 4.74 Å². The summed E-state index contributed by atoms with van der Waals surface area (Å²) in [5.74, 6) is 0. The van der Waals surface area contributed by atoms with Gasteiger partial charge in [0.2, 0.25) is 0 Å². The predicted molar refractivity (Wildman–Crippen MR) is 73.2 cm³/mol. The molecule has 1 fully saturated rings. The zero-order valence-electron chi connectivity index (χ0n) is 10.7. The van der Waals surface area contributed by atoms with Crippen molar-refractivity contribution in [3.63, 3.8) is 0 Å². The molecular weight excluding hydrogens is 241 g/mol. The smallest absolute Gasteiger partial charge is 0.140 e. The Morgan fingerprint density at radius 1 is 1.06 bits per heavy atom. The lowest BCUT2D eigenvalue weighted by molar-refractivity contribution is 0.0733. The molecule has 0 saturated carbocycles. The maximum Gasteiger partial charge on any atom is 0.140 e. The molecular formula is C10H24N3OPS. The van der Waals surface area contributed by atoms with Crippen molar-refractivity contribution in [3.8, 4) is 0 Å². The molecule has 0 unspecified atom stereocenters. The van der Waals surface area contributed by atoms with Crippen LogP contribution in [0.1, 0.15) is 27.7 Å². The molecule has 1 rings (SSSR count). The molecule has 0 aliphatic carbocycles.